The molecule has 104 valence electrons. The molecule has 2 aromatic rings. The van der Waals surface area contributed by atoms with Crippen LogP contribution in [0.1, 0.15) is 30.3 Å². The van der Waals surface area contributed by atoms with E-state index in [4.69, 9.17) is 11.6 Å². The molecule has 1 aromatic carbocycles. The Kier molecular flexibility index (Phi) is 3.17. The topological polar surface area (TPSA) is 73.8 Å². The minimum atomic E-state index is -0.396. The van der Waals surface area contributed by atoms with Crippen molar-refractivity contribution in [3.05, 3.63) is 39.7 Å². The standard InChI is InChI=1S/C13H13ClN4O2/c1-8-6-10(18(19)20)4-5-11(8)13-16-15-12(7-14)17(13)9-2-3-9/h4-6,9H,2-3,7H2,1H3. The molecular formula is C13H13ClN4O2. The van der Waals surface area contributed by atoms with Crippen LogP contribution in [0.5, 0.6) is 0 Å². The summed E-state index contributed by atoms with van der Waals surface area (Å²) in [5.41, 5.74) is 1.77. The van der Waals surface area contributed by atoms with Crippen LogP contribution in [0, 0.1) is 17.0 Å². The van der Waals surface area contributed by atoms with Gasteiger partial charge in [-0.15, -0.1) is 21.8 Å². The molecule has 1 heterocycles. The number of halogens is 1. The zero-order chi connectivity index (χ0) is 14.3. The summed E-state index contributed by atoms with van der Waals surface area (Å²) < 4.78 is 2.06. The van der Waals surface area contributed by atoms with Crippen LogP contribution in [0.4, 0.5) is 5.69 Å². The van der Waals surface area contributed by atoms with Gasteiger partial charge in [-0.2, -0.15) is 0 Å². The predicted octanol–water partition coefficient (Wildman–Crippen LogP) is 3.24. The van der Waals surface area contributed by atoms with Crippen molar-refractivity contribution in [2.75, 3.05) is 0 Å². The van der Waals surface area contributed by atoms with Crippen LogP contribution in [0.3, 0.4) is 0 Å². The van der Waals surface area contributed by atoms with Gasteiger partial charge in [0.2, 0.25) is 0 Å². The van der Waals surface area contributed by atoms with Gasteiger partial charge in [-0.3, -0.25) is 10.1 Å². The number of nitro benzene ring substituents is 1. The molecule has 20 heavy (non-hydrogen) atoms. The average Bonchev–Trinajstić information content (AvgIpc) is 3.18. The molecule has 0 atom stereocenters. The van der Waals surface area contributed by atoms with Crippen LogP contribution < -0.4 is 0 Å². The van der Waals surface area contributed by atoms with E-state index in [0.717, 1.165) is 35.6 Å². The number of nitrogens with zero attached hydrogens (tertiary/aromatic N) is 4. The highest BCUT2D eigenvalue weighted by atomic mass is 35.5. The third kappa shape index (κ3) is 2.16. The first-order chi connectivity index (χ1) is 9.61. The number of aryl methyl sites for hydroxylation is 1. The number of benzene rings is 1. The molecule has 1 aliphatic rings. The summed E-state index contributed by atoms with van der Waals surface area (Å²) in [6.45, 7) is 1.84. The number of rotatable bonds is 4. The second kappa shape index (κ2) is 4.86. The molecule has 1 aliphatic carbocycles. The van der Waals surface area contributed by atoms with Crippen LogP contribution in [-0.2, 0) is 5.88 Å². The normalized spacial score (nSPS) is 14.5. The Hall–Kier alpha value is -1.95. The average molecular weight is 293 g/mol. The lowest BCUT2D eigenvalue weighted by Gasteiger charge is -2.09. The Bertz CT molecular complexity index is 679. The van der Waals surface area contributed by atoms with Gasteiger partial charge in [0.15, 0.2) is 5.82 Å². The fourth-order valence-electron chi connectivity index (χ4n) is 2.33. The second-order valence-electron chi connectivity index (χ2n) is 4.93. The molecule has 0 amide bonds. The lowest BCUT2D eigenvalue weighted by molar-refractivity contribution is -0.384. The van der Waals surface area contributed by atoms with Gasteiger partial charge in [0.25, 0.3) is 5.69 Å². The first-order valence-corrected chi connectivity index (χ1v) is 6.90. The zero-order valence-corrected chi connectivity index (χ0v) is 11.7. The van der Waals surface area contributed by atoms with E-state index in [2.05, 4.69) is 14.8 Å². The largest absolute Gasteiger partial charge is 0.307 e. The number of non-ortho nitro benzene ring substituents is 1. The molecule has 0 bridgehead atoms. The molecule has 6 nitrogen and oxygen atoms in total. The molecule has 0 spiro atoms. The third-order valence-electron chi connectivity index (χ3n) is 3.46. The summed E-state index contributed by atoms with van der Waals surface area (Å²) in [7, 11) is 0. The molecule has 1 fully saturated rings. The van der Waals surface area contributed by atoms with Gasteiger partial charge in [0, 0.05) is 23.7 Å². The van der Waals surface area contributed by atoms with Crippen molar-refractivity contribution in [1.82, 2.24) is 14.8 Å². The molecule has 7 heteroatoms. The molecule has 1 aromatic heterocycles. The molecule has 3 rings (SSSR count). The van der Waals surface area contributed by atoms with Crippen molar-refractivity contribution in [2.45, 2.75) is 31.7 Å². The Balaban J connectivity index is 2.09. The van der Waals surface area contributed by atoms with Crippen molar-refractivity contribution in [1.29, 1.82) is 0 Å². The van der Waals surface area contributed by atoms with Crippen LogP contribution >= 0.6 is 11.6 Å². The van der Waals surface area contributed by atoms with Gasteiger partial charge in [0.05, 0.1) is 10.8 Å². The zero-order valence-electron chi connectivity index (χ0n) is 10.9. The van der Waals surface area contributed by atoms with E-state index in [-0.39, 0.29) is 5.69 Å². The van der Waals surface area contributed by atoms with E-state index in [1.165, 1.54) is 6.07 Å². The monoisotopic (exact) mass is 292 g/mol. The van der Waals surface area contributed by atoms with Crippen LogP contribution in [0.25, 0.3) is 11.4 Å². The summed E-state index contributed by atoms with van der Waals surface area (Å²) in [5, 5.41) is 19.1. The van der Waals surface area contributed by atoms with Gasteiger partial charge in [-0.25, -0.2) is 0 Å². The molecule has 0 saturated heterocycles. The number of nitro groups is 1. The Labute approximate surface area is 120 Å². The summed E-state index contributed by atoms with van der Waals surface area (Å²) in [5.74, 6) is 1.81. The fourth-order valence-corrected chi connectivity index (χ4v) is 2.51. The maximum Gasteiger partial charge on any atom is 0.269 e. The Morgan fingerprint density at radius 3 is 2.75 bits per heavy atom. The second-order valence-corrected chi connectivity index (χ2v) is 5.20. The smallest absolute Gasteiger partial charge is 0.269 e. The summed E-state index contributed by atoms with van der Waals surface area (Å²) in [6.07, 6.45) is 2.20. The van der Waals surface area contributed by atoms with E-state index in [0.29, 0.717) is 11.9 Å². The first-order valence-electron chi connectivity index (χ1n) is 6.37. The van der Waals surface area contributed by atoms with Crippen molar-refractivity contribution >= 4 is 17.3 Å². The van der Waals surface area contributed by atoms with Gasteiger partial charge in [-0.05, 0) is 31.4 Å². The molecule has 0 radical (unpaired) electrons. The van der Waals surface area contributed by atoms with Crippen LogP contribution in [0.2, 0.25) is 0 Å². The fraction of sp³-hybridized carbons (Fsp3) is 0.385. The van der Waals surface area contributed by atoms with Crippen molar-refractivity contribution in [3.8, 4) is 11.4 Å². The van der Waals surface area contributed by atoms with Crippen molar-refractivity contribution in [3.63, 3.8) is 0 Å². The minimum absolute atomic E-state index is 0.0845. The molecule has 0 unspecified atom stereocenters. The first kappa shape index (κ1) is 13.1. The van der Waals surface area contributed by atoms with E-state index < -0.39 is 4.92 Å². The van der Waals surface area contributed by atoms with Crippen LogP contribution in [-0.4, -0.2) is 19.7 Å². The summed E-state index contributed by atoms with van der Waals surface area (Å²) in [6, 6.07) is 5.19. The predicted molar refractivity (Wildman–Crippen MR) is 74.7 cm³/mol. The summed E-state index contributed by atoms with van der Waals surface area (Å²) in [4.78, 5) is 10.4. The molecule has 1 saturated carbocycles. The highest BCUT2D eigenvalue weighted by molar-refractivity contribution is 6.16. The lowest BCUT2D eigenvalue weighted by Crippen LogP contribution is -2.03. The minimum Gasteiger partial charge on any atom is -0.307 e. The van der Waals surface area contributed by atoms with Gasteiger partial charge < -0.3 is 4.57 Å². The third-order valence-corrected chi connectivity index (χ3v) is 3.70. The van der Waals surface area contributed by atoms with E-state index in [1.54, 1.807) is 12.1 Å². The lowest BCUT2D eigenvalue weighted by atomic mass is 10.1. The van der Waals surface area contributed by atoms with E-state index in [9.17, 15) is 10.1 Å². The Morgan fingerprint density at radius 1 is 1.45 bits per heavy atom. The van der Waals surface area contributed by atoms with Gasteiger partial charge in [0.1, 0.15) is 5.82 Å². The Morgan fingerprint density at radius 2 is 2.20 bits per heavy atom. The quantitative estimate of drug-likeness (QED) is 0.492. The maximum absolute atomic E-state index is 10.8. The van der Waals surface area contributed by atoms with E-state index >= 15 is 0 Å². The van der Waals surface area contributed by atoms with Crippen molar-refractivity contribution in [2.24, 2.45) is 0 Å². The van der Waals surface area contributed by atoms with E-state index in [1.807, 2.05) is 6.92 Å². The van der Waals surface area contributed by atoms with Gasteiger partial charge in [-0.1, -0.05) is 0 Å². The van der Waals surface area contributed by atoms with Crippen molar-refractivity contribution < 1.29 is 4.92 Å². The molecular weight excluding hydrogens is 280 g/mol. The highest BCUT2D eigenvalue weighted by Gasteiger charge is 2.30. The summed E-state index contributed by atoms with van der Waals surface area (Å²) >= 11 is 5.90. The van der Waals surface area contributed by atoms with Crippen LogP contribution in [0.15, 0.2) is 18.2 Å². The highest BCUT2D eigenvalue weighted by Crippen LogP contribution is 2.40. The molecule has 0 aliphatic heterocycles. The van der Waals surface area contributed by atoms with Gasteiger partial charge >= 0.3 is 0 Å². The SMILES string of the molecule is Cc1cc([N+](=O)[O-])ccc1-c1nnc(CCl)n1C1CC1. The number of aromatic nitrogens is 3. The molecule has 0 N–H and O–H groups in total. The number of alkyl halides is 1. The number of hydrogen-bond acceptors (Lipinski definition) is 4. The maximum atomic E-state index is 10.8. The number of hydrogen-bond donors (Lipinski definition) is 0.